The molecule has 1 aliphatic heterocycles. The van der Waals surface area contributed by atoms with Crippen LogP contribution in [0.5, 0.6) is 0 Å². The molecule has 1 heterocycles. The van der Waals surface area contributed by atoms with E-state index in [1.165, 1.54) is 19.3 Å². The lowest BCUT2D eigenvalue weighted by Crippen LogP contribution is -2.55. The molecule has 0 aliphatic carbocycles. The molecule has 8 nitrogen and oxygen atoms in total. The summed E-state index contributed by atoms with van der Waals surface area (Å²) in [4.78, 5) is 35.3. The summed E-state index contributed by atoms with van der Waals surface area (Å²) < 4.78 is 4.63. The second kappa shape index (κ2) is 11.2. The Kier molecular flexibility index (Phi) is 9.55. The largest absolute Gasteiger partial charge is 0.504 e. The number of hydrogen-bond donors (Lipinski definition) is 4. The van der Waals surface area contributed by atoms with Gasteiger partial charge in [0.2, 0.25) is 11.9 Å². The zero-order valence-electron chi connectivity index (χ0n) is 18.2. The number of ketones is 1. The second-order valence-electron chi connectivity index (χ2n) is 8.56. The summed E-state index contributed by atoms with van der Waals surface area (Å²) in [6, 6.07) is 0. The SMILES string of the molecule is CC(=CCC(=O)[C@]1([C@@H](O)C(=O)O)OC(=O)C(O)=C1O)CCCC(C)CCCC(C)C. The van der Waals surface area contributed by atoms with Crippen LogP contribution in [0.2, 0.25) is 0 Å². The molecule has 0 saturated heterocycles. The number of Topliss-reactive ketones (excluding diaryl/α,β-unsaturated/α-hetero) is 1. The van der Waals surface area contributed by atoms with E-state index in [2.05, 4.69) is 25.5 Å². The number of ether oxygens (including phenoxy) is 1. The third-order valence-corrected chi connectivity index (χ3v) is 5.44. The average molecular weight is 427 g/mol. The van der Waals surface area contributed by atoms with Gasteiger partial charge in [0.1, 0.15) is 0 Å². The molecule has 0 amide bonds. The van der Waals surface area contributed by atoms with Crippen LogP contribution in [0.25, 0.3) is 0 Å². The molecule has 0 radical (unpaired) electrons. The third-order valence-electron chi connectivity index (χ3n) is 5.44. The molecule has 0 aromatic heterocycles. The first-order valence-corrected chi connectivity index (χ1v) is 10.4. The minimum atomic E-state index is -2.84. The van der Waals surface area contributed by atoms with E-state index < -0.39 is 40.9 Å². The molecule has 1 unspecified atom stereocenters. The molecule has 0 saturated carbocycles. The van der Waals surface area contributed by atoms with Crippen LogP contribution < -0.4 is 0 Å². The highest BCUT2D eigenvalue weighted by molar-refractivity contribution is 6.04. The molecular formula is C22H34O8. The number of carboxylic acids is 1. The zero-order chi connectivity index (χ0) is 23.1. The molecule has 30 heavy (non-hydrogen) atoms. The van der Waals surface area contributed by atoms with Crippen molar-refractivity contribution < 1.29 is 39.5 Å². The van der Waals surface area contributed by atoms with Crippen LogP contribution >= 0.6 is 0 Å². The number of esters is 1. The number of aliphatic hydroxyl groups is 3. The zero-order valence-corrected chi connectivity index (χ0v) is 18.2. The summed E-state index contributed by atoms with van der Waals surface area (Å²) in [7, 11) is 0. The van der Waals surface area contributed by atoms with Gasteiger partial charge in [-0.3, -0.25) is 4.79 Å². The van der Waals surface area contributed by atoms with E-state index in [0.29, 0.717) is 11.8 Å². The quantitative estimate of drug-likeness (QED) is 0.259. The van der Waals surface area contributed by atoms with Gasteiger partial charge < -0.3 is 25.2 Å². The fraction of sp³-hybridized carbons (Fsp3) is 0.682. The Labute approximate surface area is 177 Å². The van der Waals surface area contributed by atoms with E-state index in [1.807, 2.05) is 6.92 Å². The van der Waals surface area contributed by atoms with Crippen LogP contribution in [0.1, 0.15) is 72.6 Å². The van der Waals surface area contributed by atoms with Gasteiger partial charge in [-0.1, -0.05) is 58.1 Å². The van der Waals surface area contributed by atoms with Gasteiger partial charge in [-0.25, -0.2) is 9.59 Å². The number of allylic oxidation sites excluding steroid dienone is 2. The van der Waals surface area contributed by atoms with Crippen LogP contribution in [0.3, 0.4) is 0 Å². The van der Waals surface area contributed by atoms with Gasteiger partial charge in [0.25, 0.3) is 5.60 Å². The topological polar surface area (TPSA) is 141 Å². The first-order valence-electron chi connectivity index (χ1n) is 10.4. The van der Waals surface area contributed by atoms with Crippen molar-refractivity contribution in [3.05, 3.63) is 23.2 Å². The van der Waals surface area contributed by atoms with Crippen LogP contribution in [-0.4, -0.2) is 49.9 Å². The minimum Gasteiger partial charge on any atom is -0.504 e. The number of aliphatic carboxylic acids is 1. The van der Waals surface area contributed by atoms with E-state index >= 15 is 0 Å². The Balaban J connectivity index is 2.68. The van der Waals surface area contributed by atoms with Crippen molar-refractivity contribution in [2.75, 3.05) is 0 Å². The number of carbonyl (C=O) groups is 3. The molecular weight excluding hydrogens is 392 g/mol. The number of rotatable bonds is 13. The highest BCUT2D eigenvalue weighted by Gasteiger charge is 2.61. The van der Waals surface area contributed by atoms with E-state index in [0.717, 1.165) is 24.8 Å². The molecule has 0 fully saturated rings. The predicted octanol–water partition coefficient (Wildman–Crippen LogP) is 3.59. The molecule has 0 spiro atoms. The Morgan fingerprint density at radius 2 is 1.70 bits per heavy atom. The molecule has 3 atom stereocenters. The average Bonchev–Trinajstić information content (AvgIpc) is 2.90. The summed E-state index contributed by atoms with van der Waals surface area (Å²) in [5.74, 6) is -5.62. The van der Waals surface area contributed by atoms with Gasteiger partial charge in [0.05, 0.1) is 0 Å². The van der Waals surface area contributed by atoms with Crippen LogP contribution in [0.4, 0.5) is 0 Å². The van der Waals surface area contributed by atoms with Crippen molar-refractivity contribution in [1.82, 2.24) is 0 Å². The summed E-state index contributed by atoms with van der Waals surface area (Å²) in [6.45, 7) is 8.47. The maximum absolute atomic E-state index is 12.6. The smallest absolute Gasteiger partial charge is 0.378 e. The maximum Gasteiger partial charge on any atom is 0.378 e. The van der Waals surface area contributed by atoms with Crippen molar-refractivity contribution >= 4 is 17.7 Å². The van der Waals surface area contributed by atoms with Crippen LogP contribution in [-0.2, 0) is 19.1 Å². The maximum atomic E-state index is 12.6. The Hall–Kier alpha value is -2.35. The van der Waals surface area contributed by atoms with Crippen LogP contribution in [0, 0.1) is 11.8 Å². The fourth-order valence-corrected chi connectivity index (χ4v) is 3.49. The summed E-state index contributed by atoms with van der Waals surface area (Å²) in [5.41, 5.74) is -1.95. The van der Waals surface area contributed by atoms with Gasteiger partial charge in [0.15, 0.2) is 11.5 Å². The van der Waals surface area contributed by atoms with Crippen molar-refractivity contribution in [3.8, 4) is 0 Å². The van der Waals surface area contributed by atoms with Gasteiger partial charge in [0, 0.05) is 6.42 Å². The lowest BCUT2D eigenvalue weighted by Gasteiger charge is -2.28. The molecule has 8 heteroatoms. The predicted molar refractivity (Wildman–Crippen MR) is 110 cm³/mol. The number of carboxylic acid groups (broad SMARTS) is 1. The third kappa shape index (κ3) is 6.32. The number of hydrogen-bond acceptors (Lipinski definition) is 7. The standard InChI is InChI=1S/C22H34O8/c1-13(2)7-5-8-14(3)9-6-10-15(4)11-12-16(23)22(19(26)20(27)28)18(25)17(24)21(29)30-22/h11,13-14,19,24-26H,5-10,12H2,1-4H3,(H,27,28)/t14?,19-,22-/m0/s1. The normalized spacial score (nSPS) is 21.7. The first-order chi connectivity index (χ1) is 13.9. The van der Waals surface area contributed by atoms with Crippen LogP contribution in [0.15, 0.2) is 23.2 Å². The van der Waals surface area contributed by atoms with Crippen molar-refractivity contribution in [2.45, 2.75) is 84.3 Å². The highest BCUT2D eigenvalue weighted by atomic mass is 16.6. The number of cyclic esters (lactones) is 1. The molecule has 0 aromatic carbocycles. The molecule has 1 aliphatic rings. The lowest BCUT2D eigenvalue weighted by molar-refractivity contribution is -0.179. The van der Waals surface area contributed by atoms with Gasteiger partial charge in [-0.05, 0) is 31.6 Å². The molecule has 0 aromatic rings. The molecule has 170 valence electrons. The number of aliphatic hydroxyl groups excluding tert-OH is 3. The first kappa shape index (κ1) is 25.7. The highest BCUT2D eigenvalue weighted by Crippen LogP contribution is 2.35. The van der Waals surface area contributed by atoms with E-state index in [9.17, 15) is 29.7 Å². The van der Waals surface area contributed by atoms with Gasteiger partial charge in [-0.15, -0.1) is 0 Å². The van der Waals surface area contributed by atoms with Gasteiger partial charge >= 0.3 is 11.9 Å². The van der Waals surface area contributed by atoms with Crippen molar-refractivity contribution in [2.24, 2.45) is 11.8 Å². The lowest BCUT2D eigenvalue weighted by atomic mass is 9.87. The van der Waals surface area contributed by atoms with Crippen molar-refractivity contribution in [3.63, 3.8) is 0 Å². The van der Waals surface area contributed by atoms with E-state index in [1.54, 1.807) is 6.08 Å². The molecule has 1 rings (SSSR count). The molecule has 4 N–H and O–H groups in total. The summed E-state index contributed by atoms with van der Waals surface area (Å²) in [6.07, 6.45) is 4.97. The van der Waals surface area contributed by atoms with E-state index in [-0.39, 0.29) is 6.42 Å². The number of carbonyl (C=O) groups excluding carboxylic acids is 2. The van der Waals surface area contributed by atoms with Gasteiger partial charge in [-0.2, -0.15) is 0 Å². The summed E-state index contributed by atoms with van der Waals surface area (Å²) >= 11 is 0. The Morgan fingerprint density at radius 1 is 1.10 bits per heavy atom. The van der Waals surface area contributed by atoms with Crippen molar-refractivity contribution in [1.29, 1.82) is 0 Å². The Bertz CT molecular complexity index is 706. The second-order valence-corrected chi connectivity index (χ2v) is 8.56. The fourth-order valence-electron chi connectivity index (χ4n) is 3.49. The minimum absolute atomic E-state index is 0.370. The summed E-state index contributed by atoms with van der Waals surface area (Å²) in [5, 5.41) is 38.4. The van der Waals surface area contributed by atoms with E-state index in [4.69, 9.17) is 5.11 Å². The monoisotopic (exact) mass is 426 g/mol. The molecule has 0 bridgehead atoms. The Morgan fingerprint density at radius 3 is 2.20 bits per heavy atom.